The number of carbonyl (C=O) groups is 1. The van der Waals surface area contributed by atoms with Crippen molar-refractivity contribution in [1.29, 1.82) is 0 Å². The van der Waals surface area contributed by atoms with E-state index in [1.807, 2.05) is 13.8 Å². The molecule has 1 amide bonds. The Balaban J connectivity index is 1.82. The Labute approximate surface area is 142 Å². The van der Waals surface area contributed by atoms with E-state index in [2.05, 4.69) is 15.5 Å². The van der Waals surface area contributed by atoms with Gasteiger partial charge >= 0.3 is 0 Å². The summed E-state index contributed by atoms with van der Waals surface area (Å²) in [5.74, 6) is 0.239. The number of halogens is 1. The van der Waals surface area contributed by atoms with Crippen molar-refractivity contribution in [2.75, 3.05) is 5.32 Å². The summed E-state index contributed by atoms with van der Waals surface area (Å²) in [6.45, 7) is 5.47. The van der Waals surface area contributed by atoms with Gasteiger partial charge in [-0.1, -0.05) is 13.0 Å². The summed E-state index contributed by atoms with van der Waals surface area (Å²) in [4.78, 5) is 14.0. The Kier molecular flexibility index (Phi) is 4.44. The van der Waals surface area contributed by atoms with Gasteiger partial charge in [0.1, 0.15) is 5.82 Å². The van der Waals surface area contributed by atoms with Crippen LogP contribution in [0.4, 0.5) is 10.1 Å². The van der Waals surface area contributed by atoms with E-state index >= 15 is 0 Å². The molecule has 24 heavy (non-hydrogen) atoms. The fourth-order valence-electron chi connectivity index (χ4n) is 2.14. The topological polar surface area (TPSA) is 68.0 Å². The lowest BCUT2D eigenvalue weighted by Crippen LogP contribution is -2.12. The zero-order valence-corrected chi connectivity index (χ0v) is 14.3. The van der Waals surface area contributed by atoms with E-state index in [-0.39, 0.29) is 11.5 Å². The van der Waals surface area contributed by atoms with Crippen molar-refractivity contribution >= 4 is 22.9 Å². The molecule has 0 radical (unpaired) electrons. The molecule has 3 rings (SSSR count). The van der Waals surface area contributed by atoms with Crippen LogP contribution in [0.25, 0.3) is 10.8 Å². The summed E-state index contributed by atoms with van der Waals surface area (Å²) >= 11 is 1.45. The molecule has 0 aliphatic carbocycles. The minimum Gasteiger partial charge on any atom is -0.420 e. The third-order valence-electron chi connectivity index (χ3n) is 3.58. The van der Waals surface area contributed by atoms with Crippen molar-refractivity contribution in [2.45, 2.75) is 27.2 Å². The van der Waals surface area contributed by atoms with Gasteiger partial charge in [-0.05, 0) is 37.6 Å². The Morgan fingerprint density at radius 1 is 1.29 bits per heavy atom. The number of nitrogens with one attached hydrogen (secondary N) is 1. The minimum atomic E-state index is -0.400. The summed E-state index contributed by atoms with van der Waals surface area (Å²) in [5.41, 5.74) is 1.43. The summed E-state index contributed by atoms with van der Waals surface area (Å²) < 4.78 is 19.1. The number of amides is 1. The smallest absolute Gasteiger partial charge is 0.257 e. The Bertz CT molecular complexity index is 901. The molecule has 0 fully saturated rings. The maximum Gasteiger partial charge on any atom is 0.257 e. The van der Waals surface area contributed by atoms with E-state index in [0.717, 1.165) is 9.75 Å². The molecule has 0 atom stereocenters. The average Bonchev–Trinajstić information content (AvgIpc) is 3.17. The second-order valence-corrected chi connectivity index (χ2v) is 6.61. The van der Waals surface area contributed by atoms with Gasteiger partial charge in [-0.25, -0.2) is 4.39 Å². The maximum absolute atomic E-state index is 13.6. The summed E-state index contributed by atoms with van der Waals surface area (Å²) in [6.07, 6.45) is 0.667. The summed E-state index contributed by atoms with van der Waals surface area (Å²) in [5, 5.41) is 10.7. The Morgan fingerprint density at radius 2 is 2.08 bits per heavy atom. The fourth-order valence-corrected chi connectivity index (χ4v) is 3.03. The predicted molar refractivity (Wildman–Crippen MR) is 90.8 cm³/mol. The normalized spacial score (nSPS) is 10.8. The van der Waals surface area contributed by atoms with Crippen LogP contribution in [0.15, 0.2) is 28.7 Å². The van der Waals surface area contributed by atoms with E-state index in [1.54, 1.807) is 25.1 Å². The maximum atomic E-state index is 13.6. The lowest BCUT2D eigenvalue weighted by Gasteiger charge is -2.05. The highest BCUT2D eigenvalue weighted by atomic mass is 32.1. The van der Waals surface area contributed by atoms with E-state index < -0.39 is 5.82 Å². The molecule has 0 spiro atoms. The fraction of sp³-hybridized carbons (Fsp3) is 0.235. The number of hydrogen-bond donors (Lipinski definition) is 1. The van der Waals surface area contributed by atoms with Crippen LogP contribution < -0.4 is 5.32 Å². The number of hydrogen-bond acceptors (Lipinski definition) is 5. The van der Waals surface area contributed by atoms with Gasteiger partial charge in [0.15, 0.2) is 0 Å². The quantitative estimate of drug-likeness (QED) is 0.762. The van der Waals surface area contributed by atoms with Crippen LogP contribution in [0, 0.1) is 19.7 Å². The summed E-state index contributed by atoms with van der Waals surface area (Å²) in [6, 6.07) is 6.21. The number of anilines is 1. The van der Waals surface area contributed by atoms with E-state index in [0.29, 0.717) is 29.5 Å². The lowest BCUT2D eigenvalue weighted by atomic mass is 10.1. The zero-order valence-electron chi connectivity index (χ0n) is 13.5. The molecule has 2 aromatic heterocycles. The largest absolute Gasteiger partial charge is 0.420 e. The third-order valence-corrected chi connectivity index (χ3v) is 4.62. The van der Waals surface area contributed by atoms with Crippen molar-refractivity contribution in [3.05, 3.63) is 52.0 Å². The number of benzene rings is 1. The molecule has 7 heteroatoms. The lowest BCUT2D eigenvalue weighted by molar-refractivity contribution is 0.102. The van der Waals surface area contributed by atoms with Gasteiger partial charge in [0.2, 0.25) is 5.89 Å². The van der Waals surface area contributed by atoms with Crippen molar-refractivity contribution in [3.8, 4) is 10.8 Å². The molecular weight excluding hydrogens is 329 g/mol. The molecular formula is C17H16FN3O2S. The second-order valence-electron chi connectivity index (χ2n) is 5.35. The minimum absolute atomic E-state index is 0.274. The van der Waals surface area contributed by atoms with Gasteiger partial charge in [0.25, 0.3) is 11.8 Å². The highest BCUT2D eigenvalue weighted by Crippen LogP contribution is 2.33. The van der Waals surface area contributed by atoms with E-state index in [9.17, 15) is 9.18 Å². The Hall–Kier alpha value is -2.54. The van der Waals surface area contributed by atoms with E-state index in [4.69, 9.17) is 4.42 Å². The number of aromatic nitrogens is 2. The SMILES string of the molecule is CCc1nnc(-c2cc(NC(=O)c3ccc(C)c(F)c3)c(C)s2)o1. The highest BCUT2D eigenvalue weighted by molar-refractivity contribution is 7.15. The first-order valence-corrected chi connectivity index (χ1v) is 8.30. The van der Waals surface area contributed by atoms with Crippen LogP contribution in [-0.4, -0.2) is 16.1 Å². The summed E-state index contributed by atoms with van der Waals surface area (Å²) in [7, 11) is 0. The molecule has 1 N–H and O–H groups in total. The number of aryl methyl sites for hydroxylation is 3. The molecule has 5 nitrogen and oxygen atoms in total. The van der Waals surface area contributed by atoms with Crippen LogP contribution in [0.2, 0.25) is 0 Å². The van der Waals surface area contributed by atoms with Gasteiger partial charge < -0.3 is 9.73 Å². The molecule has 0 bridgehead atoms. The van der Waals surface area contributed by atoms with Gasteiger partial charge in [-0.15, -0.1) is 21.5 Å². The van der Waals surface area contributed by atoms with E-state index in [1.165, 1.54) is 17.4 Å². The third kappa shape index (κ3) is 3.21. The molecule has 1 aromatic carbocycles. The van der Waals surface area contributed by atoms with Crippen LogP contribution in [0.1, 0.15) is 33.6 Å². The predicted octanol–water partition coefficient (Wildman–Crippen LogP) is 4.37. The van der Waals surface area contributed by atoms with Crippen LogP contribution in [0.3, 0.4) is 0 Å². The van der Waals surface area contributed by atoms with Gasteiger partial charge in [0.05, 0.1) is 10.6 Å². The highest BCUT2D eigenvalue weighted by Gasteiger charge is 2.16. The van der Waals surface area contributed by atoms with Gasteiger partial charge in [-0.2, -0.15) is 0 Å². The molecule has 0 unspecified atom stereocenters. The number of rotatable bonds is 4. The number of carbonyl (C=O) groups excluding carboxylic acids is 1. The van der Waals surface area contributed by atoms with Crippen molar-refractivity contribution in [2.24, 2.45) is 0 Å². The molecule has 0 aliphatic rings. The molecule has 0 aliphatic heterocycles. The molecule has 0 saturated carbocycles. The second kappa shape index (κ2) is 6.52. The zero-order chi connectivity index (χ0) is 17.3. The molecule has 3 aromatic rings. The standard InChI is InChI=1S/C17H16FN3O2S/c1-4-15-20-21-17(23-15)14-8-13(10(3)24-14)19-16(22)11-6-5-9(2)12(18)7-11/h5-8H,4H2,1-3H3,(H,19,22). The first-order chi connectivity index (χ1) is 11.5. The Morgan fingerprint density at radius 3 is 2.75 bits per heavy atom. The first-order valence-electron chi connectivity index (χ1n) is 7.48. The van der Waals surface area contributed by atoms with Crippen molar-refractivity contribution in [3.63, 3.8) is 0 Å². The van der Waals surface area contributed by atoms with Crippen molar-refractivity contribution < 1.29 is 13.6 Å². The monoisotopic (exact) mass is 345 g/mol. The molecule has 124 valence electrons. The molecule has 2 heterocycles. The first kappa shape index (κ1) is 16.3. The van der Waals surface area contributed by atoms with Gasteiger partial charge in [0, 0.05) is 16.9 Å². The number of nitrogens with zero attached hydrogens (tertiary/aromatic N) is 2. The van der Waals surface area contributed by atoms with Gasteiger partial charge in [-0.3, -0.25) is 4.79 Å². The van der Waals surface area contributed by atoms with Crippen LogP contribution in [-0.2, 0) is 6.42 Å². The van der Waals surface area contributed by atoms with Crippen molar-refractivity contribution in [1.82, 2.24) is 10.2 Å². The molecule has 0 saturated heterocycles. The van der Waals surface area contributed by atoms with Crippen LogP contribution in [0.5, 0.6) is 0 Å². The average molecular weight is 345 g/mol. The van der Waals surface area contributed by atoms with Crippen LogP contribution >= 0.6 is 11.3 Å². The number of thiophene rings is 1.